The van der Waals surface area contributed by atoms with Crippen molar-refractivity contribution in [1.82, 2.24) is 4.31 Å². The number of aliphatic hydroxyl groups excluding tert-OH is 1. The topological polar surface area (TPSA) is 57.6 Å². The Labute approximate surface area is 115 Å². The van der Waals surface area contributed by atoms with E-state index in [4.69, 9.17) is 5.11 Å². The first-order valence-electron chi connectivity index (χ1n) is 5.83. The SMILES string of the molecule is CN(CCC(F)(F)F)S(=O)(=O)Cc1ccc(CO)cc1. The standard InChI is InChI=1S/C12H16F3NO3S/c1-16(7-6-12(13,14)15)20(18,19)9-11-4-2-10(8-17)3-5-11/h2-5,17H,6-9H2,1H3. The van der Waals surface area contributed by atoms with Crippen LogP contribution in [0.1, 0.15) is 17.5 Å². The molecule has 0 aliphatic heterocycles. The minimum Gasteiger partial charge on any atom is -0.392 e. The lowest BCUT2D eigenvalue weighted by Gasteiger charge is -2.18. The lowest BCUT2D eigenvalue weighted by molar-refractivity contribution is -0.135. The fourth-order valence-corrected chi connectivity index (χ4v) is 2.69. The third-order valence-electron chi connectivity index (χ3n) is 2.74. The summed E-state index contributed by atoms with van der Waals surface area (Å²) in [6.07, 6.45) is -5.56. The second-order valence-electron chi connectivity index (χ2n) is 4.42. The lowest BCUT2D eigenvalue weighted by atomic mass is 10.2. The molecule has 0 fully saturated rings. The fourth-order valence-electron chi connectivity index (χ4n) is 1.49. The number of halogens is 3. The number of benzene rings is 1. The van der Waals surface area contributed by atoms with Crippen LogP contribution in [0.3, 0.4) is 0 Å². The summed E-state index contributed by atoms with van der Waals surface area (Å²) in [6, 6.07) is 6.20. The molecular formula is C12H16F3NO3S. The van der Waals surface area contributed by atoms with Crippen molar-refractivity contribution >= 4 is 10.0 Å². The summed E-state index contributed by atoms with van der Waals surface area (Å²) in [5, 5.41) is 8.86. The summed E-state index contributed by atoms with van der Waals surface area (Å²) < 4.78 is 60.7. The molecular weight excluding hydrogens is 295 g/mol. The first-order valence-corrected chi connectivity index (χ1v) is 7.44. The van der Waals surface area contributed by atoms with Gasteiger partial charge in [0, 0.05) is 13.6 Å². The molecule has 0 aromatic heterocycles. The van der Waals surface area contributed by atoms with Gasteiger partial charge in [-0.25, -0.2) is 12.7 Å². The van der Waals surface area contributed by atoms with E-state index >= 15 is 0 Å². The summed E-state index contributed by atoms with van der Waals surface area (Å²) in [6.45, 7) is -0.751. The summed E-state index contributed by atoms with van der Waals surface area (Å²) >= 11 is 0. The Balaban J connectivity index is 2.68. The van der Waals surface area contributed by atoms with E-state index in [1.165, 1.54) is 12.1 Å². The molecule has 4 nitrogen and oxygen atoms in total. The first kappa shape index (κ1) is 16.9. The molecule has 0 saturated carbocycles. The number of rotatable bonds is 6. The average Bonchev–Trinajstić information content (AvgIpc) is 2.35. The van der Waals surface area contributed by atoms with E-state index in [1.807, 2.05) is 0 Å². The predicted molar refractivity (Wildman–Crippen MR) is 68.3 cm³/mol. The van der Waals surface area contributed by atoms with Gasteiger partial charge in [-0.05, 0) is 11.1 Å². The Morgan fingerprint density at radius 1 is 1.15 bits per heavy atom. The average molecular weight is 311 g/mol. The fraction of sp³-hybridized carbons (Fsp3) is 0.500. The van der Waals surface area contributed by atoms with Crippen LogP contribution in [0.25, 0.3) is 0 Å². The minimum atomic E-state index is -4.38. The highest BCUT2D eigenvalue weighted by Gasteiger charge is 2.29. The first-order chi connectivity index (χ1) is 9.14. The van der Waals surface area contributed by atoms with E-state index in [0.717, 1.165) is 7.05 Å². The van der Waals surface area contributed by atoms with Gasteiger partial charge in [0.2, 0.25) is 10.0 Å². The molecule has 1 aromatic rings. The van der Waals surface area contributed by atoms with Crippen molar-refractivity contribution in [2.75, 3.05) is 13.6 Å². The van der Waals surface area contributed by atoms with E-state index in [1.54, 1.807) is 12.1 Å². The van der Waals surface area contributed by atoms with Crippen molar-refractivity contribution in [3.8, 4) is 0 Å². The summed E-state index contributed by atoms with van der Waals surface area (Å²) in [4.78, 5) is 0. The van der Waals surface area contributed by atoms with Crippen LogP contribution in [-0.2, 0) is 22.4 Å². The molecule has 0 spiro atoms. The largest absolute Gasteiger partial charge is 0.392 e. The molecule has 1 N–H and O–H groups in total. The molecule has 20 heavy (non-hydrogen) atoms. The third kappa shape index (κ3) is 5.48. The van der Waals surface area contributed by atoms with Crippen molar-refractivity contribution in [2.24, 2.45) is 0 Å². The highest BCUT2D eigenvalue weighted by Crippen LogP contribution is 2.21. The van der Waals surface area contributed by atoms with Gasteiger partial charge in [-0.15, -0.1) is 0 Å². The predicted octanol–water partition coefficient (Wildman–Crippen LogP) is 1.89. The number of hydrogen-bond acceptors (Lipinski definition) is 3. The molecule has 0 bridgehead atoms. The van der Waals surface area contributed by atoms with Gasteiger partial charge in [-0.3, -0.25) is 0 Å². The van der Waals surface area contributed by atoms with Crippen molar-refractivity contribution in [2.45, 2.75) is 25.0 Å². The van der Waals surface area contributed by atoms with Gasteiger partial charge in [0.25, 0.3) is 0 Å². The van der Waals surface area contributed by atoms with E-state index in [2.05, 4.69) is 0 Å². The van der Waals surface area contributed by atoms with Gasteiger partial charge in [0.15, 0.2) is 0 Å². The summed E-state index contributed by atoms with van der Waals surface area (Å²) in [5.41, 5.74) is 1.10. The normalized spacial score (nSPS) is 12.9. The highest BCUT2D eigenvalue weighted by atomic mass is 32.2. The molecule has 0 aliphatic carbocycles. The number of nitrogens with zero attached hydrogens (tertiary/aromatic N) is 1. The molecule has 1 rings (SSSR count). The quantitative estimate of drug-likeness (QED) is 0.873. The Kier molecular flexibility index (Phi) is 5.55. The maximum atomic E-state index is 12.1. The maximum Gasteiger partial charge on any atom is 0.390 e. The van der Waals surface area contributed by atoms with Crippen molar-refractivity contribution < 1.29 is 26.7 Å². The molecule has 114 valence electrons. The monoisotopic (exact) mass is 311 g/mol. The number of hydrogen-bond donors (Lipinski definition) is 1. The zero-order valence-electron chi connectivity index (χ0n) is 10.9. The van der Waals surface area contributed by atoms with Crippen molar-refractivity contribution in [3.05, 3.63) is 35.4 Å². The molecule has 0 heterocycles. The van der Waals surface area contributed by atoms with Crippen LogP contribution in [0.4, 0.5) is 13.2 Å². The second-order valence-corrected chi connectivity index (χ2v) is 6.49. The Hall–Kier alpha value is -1.12. The van der Waals surface area contributed by atoms with E-state index in [9.17, 15) is 21.6 Å². The van der Waals surface area contributed by atoms with Crippen LogP contribution in [0.5, 0.6) is 0 Å². The van der Waals surface area contributed by atoms with Crippen molar-refractivity contribution in [1.29, 1.82) is 0 Å². The van der Waals surface area contributed by atoms with Gasteiger partial charge >= 0.3 is 6.18 Å². The smallest absolute Gasteiger partial charge is 0.390 e. The van der Waals surface area contributed by atoms with Gasteiger partial charge < -0.3 is 5.11 Å². The van der Waals surface area contributed by atoms with Gasteiger partial charge in [0.05, 0.1) is 18.8 Å². The molecule has 0 atom stereocenters. The van der Waals surface area contributed by atoms with Gasteiger partial charge in [-0.2, -0.15) is 13.2 Å². The van der Waals surface area contributed by atoms with E-state index in [0.29, 0.717) is 15.4 Å². The maximum absolute atomic E-state index is 12.1. The van der Waals surface area contributed by atoms with Crippen LogP contribution in [0.15, 0.2) is 24.3 Å². The third-order valence-corrected chi connectivity index (χ3v) is 4.57. The van der Waals surface area contributed by atoms with Crippen LogP contribution < -0.4 is 0 Å². The Morgan fingerprint density at radius 2 is 1.65 bits per heavy atom. The van der Waals surface area contributed by atoms with Gasteiger partial charge in [-0.1, -0.05) is 24.3 Å². The lowest BCUT2D eigenvalue weighted by Crippen LogP contribution is -2.31. The van der Waals surface area contributed by atoms with Crippen LogP contribution in [-0.4, -0.2) is 37.6 Å². The zero-order chi connectivity index (χ0) is 15.4. The molecule has 0 radical (unpaired) electrons. The van der Waals surface area contributed by atoms with Crippen LogP contribution in [0.2, 0.25) is 0 Å². The van der Waals surface area contributed by atoms with E-state index in [-0.39, 0.29) is 12.4 Å². The Morgan fingerprint density at radius 3 is 2.10 bits per heavy atom. The van der Waals surface area contributed by atoms with Crippen LogP contribution in [0, 0.1) is 0 Å². The minimum absolute atomic E-state index is 0.154. The molecule has 0 aliphatic rings. The highest BCUT2D eigenvalue weighted by molar-refractivity contribution is 7.88. The molecule has 0 saturated heterocycles. The number of alkyl halides is 3. The van der Waals surface area contributed by atoms with Gasteiger partial charge in [0.1, 0.15) is 0 Å². The second kappa shape index (κ2) is 6.55. The van der Waals surface area contributed by atoms with E-state index < -0.39 is 29.2 Å². The number of aliphatic hydroxyl groups is 1. The summed E-state index contributed by atoms with van der Waals surface area (Å²) in [5.74, 6) is -0.368. The Bertz CT molecular complexity index is 526. The molecule has 0 unspecified atom stereocenters. The molecule has 8 heteroatoms. The summed E-state index contributed by atoms with van der Waals surface area (Å²) in [7, 11) is -2.66. The van der Waals surface area contributed by atoms with Crippen molar-refractivity contribution in [3.63, 3.8) is 0 Å². The number of sulfonamides is 1. The molecule has 0 amide bonds. The molecule has 1 aromatic carbocycles. The zero-order valence-corrected chi connectivity index (χ0v) is 11.7. The van der Waals surface area contributed by atoms with Crippen LogP contribution >= 0.6 is 0 Å².